The lowest BCUT2D eigenvalue weighted by atomic mass is 10.1. The first-order valence-electron chi connectivity index (χ1n) is 7.41. The van der Waals surface area contributed by atoms with Gasteiger partial charge in [-0.1, -0.05) is 22.0 Å². The molecule has 0 spiro atoms. The Morgan fingerprint density at radius 1 is 1.36 bits per heavy atom. The summed E-state index contributed by atoms with van der Waals surface area (Å²) in [7, 11) is 0. The first kappa shape index (κ1) is 15.2. The molecule has 0 saturated carbocycles. The maximum absolute atomic E-state index is 12.1. The highest BCUT2D eigenvalue weighted by Crippen LogP contribution is 2.32. The molecule has 1 atom stereocenters. The first-order valence-corrected chi connectivity index (χ1v) is 8.21. The number of carbonyl (C=O) groups is 1. The predicted octanol–water partition coefficient (Wildman–Crippen LogP) is 4.15. The molecule has 1 aliphatic rings. The van der Waals surface area contributed by atoms with Gasteiger partial charge in [-0.3, -0.25) is 0 Å². The van der Waals surface area contributed by atoms with E-state index < -0.39 is 0 Å². The van der Waals surface area contributed by atoms with Crippen molar-refractivity contribution in [3.05, 3.63) is 56.9 Å². The van der Waals surface area contributed by atoms with Crippen LogP contribution in [0.4, 0.5) is 4.79 Å². The molecule has 116 valence electrons. The van der Waals surface area contributed by atoms with Gasteiger partial charge in [-0.15, -0.1) is 0 Å². The number of hydrogen-bond acceptors (Lipinski definition) is 2. The van der Waals surface area contributed by atoms with E-state index in [1.54, 1.807) is 0 Å². The average molecular weight is 363 g/mol. The van der Waals surface area contributed by atoms with Crippen LogP contribution in [0.5, 0.6) is 0 Å². The van der Waals surface area contributed by atoms with E-state index in [0.717, 1.165) is 34.4 Å². The highest BCUT2D eigenvalue weighted by Gasteiger charge is 2.23. The van der Waals surface area contributed by atoms with Crippen LogP contribution >= 0.6 is 15.9 Å². The fourth-order valence-corrected chi connectivity index (χ4v) is 3.39. The number of fused-ring (bicyclic) bond motifs is 1. The molecule has 22 heavy (non-hydrogen) atoms. The number of amides is 2. The van der Waals surface area contributed by atoms with Crippen LogP contribution in [0.3, 0.4) is 0 Å². The monoisotopic (exact) mass is 362 g/mol. The van der Waals surface area contributed by atoms with Gasteiger partial charge < -0.3 is 15.1 Å². The van der Waals surface area contributed by atoms with Gasteiger partial charge in [0.05, 0.1) is 6.04 Å². The molecule has 0 aliphatic heterocycles. The maximum atomic E-state index is 12.1. The Labute approximate surface area is 138 Å². The van der Waals surface area contributed by atoms with Crippen LogP contribution in [0, 0.1) is 13.8 Å². The lowest BCUT2D eigenvalue weighted by Crippen LogP contribution is -2.36. The van der Waals surface area contributed by atoms with Crippen LogP contribution in [-0.2, 0) is 13.0 Å². The number of hydrogen-bond donors (Lipinski definition) is 2. The number of aryl methyl sites for hydroxylation is 3. The number of furan rings is 1. The molecule has 1 aliphatic carbocycles. The average Bonchev–Trinajstić information content (AvgIpc) is 2.99. The summed E-state index contributed by atoms with van der Waals surface area (Å²) in [5.41, 5.74) is 3.54. The third-order valence-corrected chi connectivity index (χ3v) is 4.56. The second-order valence-corrected chi connectivity index (χ2v) is 6.62. The Morgan fingerprint density at radius 2 is 2.18 bits per heavy atom. The standard InChI is InChI=1S/C17H19BrN2O2/c1-10-7-13(11(2)22-10)9-19-17(21)20-16-6-3-12-8-14(18)4-5-15(12)16/h4-5,7-8,16H,3,6,9H2,1-2H3,(H2,19,20,21). The summed E-state index contributed by atoms with van der Waals surface area (Å²) in [6, 6.07) is 8.15. The van der Waals surface area contributed by atoms with E-state index in [0.29, 0.717) is 6.54 Å². The second kappa shape index (κ2) is 6.16. The van der Waals surface area contributed by atoms with E-state index in [4.69, 9.17) is 4.42 Å². The molecular weight excluding hydrogens is 344 g/mol. The molecule has 1 unspecified atom stereocenters. The summed E-state index contributed by atoms with van der Waals surface area (Å²) in [5, 5.41) is 5.96. The summed E-state index contributed by atoms with van der Waals surface area (Å²) in [6.07, 6.45) is 1.95. The zero-order valence-electron chi connectivity index (χ0n) is 12.7. The van der Waals surface area contributed by atoms with Gasteiger partial charge >= 0.3 is 6.03 Å². The number of rotatable bonds is 3. The number of carbonyl (C=O) groups excluding carboxylic acids is 1. The van der Waals surface area contributed by atoms with Crippen molar-refractivity contribution in [2.24, 2.45) is 0 Å². The minimum absolute atomic E-state index is 0.0929. The normalized spacial score (nSPS) is 16.4. The Hall–Kier alpha value is -1.75. The van der Waals surface area contributed by atoms with Crippen LogP contribution < -0.4 is 10.6 Å². The van der Waals surface area contributed by atoms with E-state index in [1.165, 1.54) is 11.1 Å². The molecule has 4 nitrogen and oxygen atoms in total. The molecule has 1 aromatic heterocycles. The van der Waals surface area contributed by atoms with E-state index in [1.807, 2.05) is 26.0 Å². The Bertz CT molecular complexity index is 709. The van der Waals surface area contributed by atoms with Crippen LogP contribution in [0.25, 0.3) is 0 Å². The van der Waals surface area contributed by atoms with Gasteiger partial charge in [0.25, 0.3) is 0 Å². The van der Waals surface area contributed by atoms with E-state index >= 15 is 0 Å². The maximum Gasteiger partial charge on any atom is 0.315 e. The van der Waals surface area contributed by atoms with Crippen molar-refractivity contribution >= 4 is 22.0 Å². The Balaban J connectivity index is 1.58. The van der Waals surface area contributed by atoms with Crippen molar-refractivity contribution in [1.82, 2.24) is 10.6 Å². The molecule has 3 rings (SSSR count). The topological polar surface area (TPSA) is 54.3 Å². The molecule has 0 fully saturated rings. The molecule has 0 saturated heterocycles. The molecule has 2 aromatic rings. The molecular formula is C17H19BrN2O2. The summed E-state index contributed by atoms with van der Waals surface area (Å²) in [6.45, 7) is 4.30. The van der Waals surface area contributed by atoms with Gasteiger partial charge in [0.1, 0.15) is 11.5 Å². The number of nitrogens with one attached hydrogen (secondary N) is 2. The fraction of sp³-hybridized carbons (Fsp3) is 0.353. The molecule has 0 bridgehead atoms. The summed E-state index contributed by atoms with van der Waals surface area (Å²) in [4.78, 5) is 12.1. The zero-order valence-corrected chi connectivity index (χ0v) is 14.3. The SMILES string of the molecule is Cc1cc(CNC(=O)NC2CCc3cc(Br)ccc32)c(C)o1. The lowest BCUT2D eigenvalue weighted by Gasteiger charge is -2.15. The first-order chi connectivity index (χ1) is 10.5. The van der Waals surface area contributed by atoms with Crippen LogP contribution in [-0.4, -0.2) is 6.03 Å². The molecule has 2 N–H and O–H groups in total. The van der Waals surface area contributed by atoms with Crippen molar-refractivity contribution in [3.63, 3.8) is 0 Å². The van der Waals surface area contributed by atoms with E-state index in [9.17, 15) is 4.79 Å². The van der Waals surface area contributed by atoms with Crippen molar-refractivity contribution in [2.45, 2.75) is 39.3 Å². The van der Waals surface area contributed by atoms with Gasteiger partial charge in [0.15, 0.2) is 0 Å². The lowest BCUT2D eigenvalue weighted by molar-refractivity contribution is 0.236. The predicted molar refractivity (Wildman–Crippen MR) is 88.8 cm³/mol. The zero-order chi connectivity index (χ0) is 15.7. The van der Waals surface area contributed by atoms with Crippen LogP contribution in [0.2, 0.25) is 0 Å². The molecule has 1 heterocycles. The van der Waals surface area contributed by atoms with Gasteiger partial charge in [-0.05, 0) is 56.0 Å². The summed E-state index contributed by atoms with van der Waals surface area (Å²) < 4.78 is 6.55. The fourth-order valence-electron chi connectivity index (χ4n) is 2.98. The minimum Gasteiger partial charge on any atom is -0.466 e. The van der Waals surface area contributed by atoms with E-state index in [-0.39, 0.29) is 12.1 Å². The molecule has 1 aromatic carbocycles. The number of urea groups is 1. The van der Waals surface area contributed by atoms with Gasteiger partial charge in [0, 0.05) is 16.6 Å². The van der Waals surface area contributed by atoms with Crippen molar-refractivity contribution < 1.29 is 9.21 Å². The van der Waals surface area contributed by atoms with Crippen LogP contribution in [0.1, 0.15) is 40.7 Å². The van der Waals surface area contributed by atoms with Crippen molar-refractivity contribution in [3.8, 4) is 0 Å². The van der Waals surface area contributed by atoms with Gasteiger partial charge in [-0.25, -0.2) is 4.79 Å². The highest BCUT2D eigenvalue weighted by atomic mass is 79.9. The largest absolute Gasteiger partial charge is 0.466 e. The highest BCUT2D eigenvalue weighted by molar-refractivity contribution is 9.10. The Morgan fingerprint density at radius 3 is 2.91 bits per heavy atom. The number of benzene rings is 1. The van der Waals surface area contributed by atoms with Crippen LogP contribution in [0.15, 0.2) is 33.2 Å². The van der Waals surface area contributed by atoms with Gasteiger partial charge in [0.2, 0.25) is 0 Å². The van der Waals surface area contributed by atoms with E-state index in [2.05, 4.69) is 38.7 Å². The number of halogens is 1. The summed E-state index contributed by atoms with van der Waals surface area (Å²) >= 11 is 3.49. The molecule has 5 heteroatoms. The third-order valence-electron chi connectivity index (χ3n) is 4.07. The van der Waals surface area contributed by atoms with Crippen molar-refractivity contribution in [1.29, 1.82) is 0 Å². The Kier molecular flexibility index (Phi) is 4.25. The molecule has 2 amide bonds. The smallest absolute Gasteiger partial charge is 0.315 e. The van der Waals surface area contributed by atoms with Gasteiger partial charge in [-0.2, -0.15) is 0 Å². The molecule has 0 radical (unpaired) electrons. The van der Waals surface area contributed by atoms with Crippen molar-refractivity contribution in [2.75, 3.05) is 0 Å². The quantitative estimate of drug-likeness (QED) is 0.861. The third kappa shape index (κ3) is 3.19. The minimum atomic E-state index is -0.140. The second-order valence-electron chi connectivity index (χ2n) is 5.70. The summed E-state index contributed by atoms with van der Waals surface area (Å²) in [5.74, 6) is 1.72.